The Labute approximate surface area is 191 Å². The van der Waals surface area contributed by atoms with E-state index in [1.807, 2.05) is 48.5 Å². The highest BCUT2D eigenvalue weighted by atomic mass is 16.4. The molecule has 2 amide bonds. The van der Waals surface area contributed by atoms with Gasteiger partial charge in [0.2, 0.25) is 5.91 Å². The molecule has 1 aliphatic rings. The number of nitrogens with zero attached hydrogens (tertiary/aromatic N) is 2. The molecule has 2 heterocycles. The van der Waals surface area contributed by atoms with Gasteiger partial charge in [0.1, 0.15) is 12.1 Å². The minimum Gasteiger partial charge on any atom is -0.480 e. The molecule has 1 fully saturated rings. The molecule has 0 unspecified atom stereocenters. The number of amides is 2. The van der Waals surface area contributed by atoms with Gasteiger partial charge in [0.25, 0.3) is 5.91 Å². The van der Waals surface area contributed by atoms with Crippen molar-refractivity contribution < 1.29 is 19.5 Å². The predicted molar refractivity (Wildman–Crippen MR) is 122 cm³/mol. The van der Waals surface area contributed by atoms with Gasteiger partial charge in [0.15, 0.2) is 0 Å². The number of aromatic nitrogens is 2. The summed E-state index contributed by atoms with van der Waals surface area (Å²) in [6, 6.07) is 14.7. The molecule has 1 saturated heterocycles. The number of carbonyl (C=O) groups is 3. The Bertz CT molecular complexity index is 1110. The van der Waals surface area contributed by atoms with E-state index in [4.69, 9.17) is 0 Å². The Morgan fingerprint density at radius 3 is 2.64 bits per heavy atom. The number of carbonyl (C=O) groups excluding carboxylic acids is 2. The van der Waals surface area contributed by atoms with Crippen molar-refractivity contribution in [3.05, 3.63) is 89.5 Å². The smallest absolute Gasteiger partial charge is 0.326 e. The van der Waals surface area contributed by atoms with E-state index in [1.54, 1.807) is 23.5 Å². The molecule has 2 atom stereocenters. The maximum absolute atomic E-state index is 13.2. The summed E-state index contributed by atoms with van der Waals surface area (Å²) in [5.41, 5.74) is 3.22. The van der Waals surface area contributed by atoms with E-state index in [2.05, 4.69) is 15.3 Å². The zero-order valence-electron chi connectivity index (χ0n) is 18.1. The molecule has 8 nitrogen and oxygen atoms in total. The molecule has 33 heavy (non-hydrogen) atoms. The highest BCUT2D eigenvalue weighted by molar-refractivity contribution is 5.98. The van der Waals surface area contributed by atoms with Crippen molar-refractivity contribution in [1.29, 1.82) is 0 Å². The highest BCUT2D eigenvalue weighted by Gasteiger charge is 2.36. The van der Waals surface area contributed by atoms with Crippen LogP contribution in [0.25, 0.3) is 0 Å². The summed E-state index contributed by atoms with van der Waals surface area (Å²) >= 11 is 0. The molecule has 2 aromatic carbocycles. The molecule has 1 aromatic heterocycles. The second kappa shape index (κ2) is 10.1. The van der Waals surface area contributed by atoms with Crippen molar-refractivity contribution in [3.8, 4) is 0 Å². The van der Waals surface area contributed by atoms with Gasteiger partial charge in [-0.2, -0.15) is 0 Å². The number of rotatable bonds is 8. The Morgan fingerprint density at radius 1 is 1.12 bits per heavy atom. The minimum atomic E-state index is -1.10. The van der Waals surface area contributed by atoms with Crippen molar-refractivity contribution in [2.75, 3.05) is 6.54 Å². The third-order valence-corrected chi connectivity index (χ3v) is 5.84. The van der Waals surface area contributed by atoms with Crippen LogP contribution in [-0.4, -0.2) is 56.4 Å². The fourth-order valence-corrected chi connectivity index (χ4v) is 4.18. The second-order valence-corrected chi connectivity index (χ2v) is 8.20. The average Bonchev–Trinajstić information content (AvgIpc) is 3.51. The van der Waals surface area contributed by atoms with Crippen LogP contribution < -0.4 is 5.32 Å². The normalized spacial score (nSPS) is 16.4. The first-order valence-corrected chi connectivity index (χ1v) is 11.0. The number of hydrogen-bond acceptors (Lipinski definition) is 4. The predicted octanol–water partition coefficient (Wildman–Crippen LogP) is 2.42. The van der Waals surface area contributed by atoms with Crippen molar-refractivity contribution in [3.63, 3.8) is 0 Å². The van der Waals surface area contributed by atoms with Crippen LogP contribution in [0.5, 0.6) is 0 Å². The molecule has 0 radical (unpaired) electrons. The summed E-state index contributed by atoms with van der Waals surface area (Å²) in [7, 11) is 0. The minimum absolute atomic E-state index is 0.179. The molecule has 0 saturated carbocycles. The van der Waals surface area contributed by atoms with E-state index in [0.29, 0.717) is 31.4 Å². The van der Waals surface area contributed by atoms with Crippen LogP contribution in [0.3, 0.4) is 0 Å². The number of carboxylic acid groups (broad SMARTS) is 1. The van der Waals surface area contributed by atoms with E-state index in [-0.39, 0.29) is 12.3 Å². The average molecular weight is 447 g/mol. The van der Waals surface area contributed by atoms with Gasteiger partial charge in [-0.3, -0.25) is 9.59 Å². The standard InChI is InChI=1S/C25H26N4O4/c30-23(28-21(25(32)33)14-17-6-2-1-3-7-17)22-10-5-11-29(22)24(31)19-9-4-8-18(12-19)13-20-15-26-16-27-20/h1-4,6-9,12,15-16,21-22H,5,10-11,13-14H2,(H,26,27)(H,28,30)(H,32,33)/t21-,22-/m0/s1. The summed E-state index contributed by atoms with van der Waals surface area (Å²) in [6.45, 7) is 0.456. The molecule has 0 bridgehead atoms. The first-order chi connectivity index (χ1) is 16.0. The van der Waals surface area contributed by atoms with Gasteiger partial charge in [-0.15, -0.1) is 0 Å². The number of aromatic amines is 1. The number of aliphatic carboxylic acids is 1. The molecule has 170 valence electrons. The molecular formula is C25H26N4O4. The van der Waals surface area contributed by atoms with Crippen LogP contribution in [0.2, 0.25) is 0 Å². The van der Waals surface area contributed by atoms with Gasteiger partial charge in [0.05, 0.1) is 6.33 Å². The SMILES string of the molecule is O=C(O)[C@H](Cc1ccccc1)NC(=O)[C@@H]1CCCN1C(=O)c1cccc(Cc2cnc[nH]2)c1. The largest absolute Gasteiger partial charge is 0.480 e. The van der Waals surface area contributed by atoms with Crippen LogP contribution in [-0.2, 0) is 22.4 Å². The van der Waals surface area contributed by atoms with Crippen LogP contribution >= 0.6 is 0 Å². The van der Waals surface area contributed by atoms with Gasteiger partial charge in [-0.05, 0) is 36.1 Å². The van der Waals surface area contributed by atoms with E-state index in [0.717, 1.165) is 16.8 Å². The van der Waals surface area contributed by atoms with Crippen LogP contribution in [0.4, 0.5) is 0 Å². The number of nitrogens with one attached hydrogen (secondary N) is 2. The lowest BCUT2D eigenvalue weighted by Crippen LogP contribution is -2.51. The van der Waals surface area contributed by atoms with Crippen molar-refractivity contribution in [1.82, 2.24) is 20.2 Å². The quantitative estimate of drug-likeness (QED) is 0.492. The summed E-state index contributed by atoms with van der Waals surface area (Å²) in [5, 5.41) is 12.3. The van der Waals surface area contributed by atoms with Gasteiger partial charge < -0.3 is 20.3 Å². The maximum atomic E-state index is 13.2. The summed E-state index contributed by atoms with van der Waals surface area (Å²) in [6.07, 6.45) is 5.34. The van der Waals surface area contributed by atoms with Crippen LogP contribution in [0.15, 0.2) is 67.1 Å². The number of benzene rings is 2. The van der Waals surface area contributed by atoms with E-state index in [9.17, 15) is 19.5 Å². The van der Waals surface area contributed by atoms with E-state index < -0.39 is 24.0 Å². The fourth-order valence-electron chi connectivity index (χ4n) is 4.18. The third-order valence-electron chi connectivity index (χ3n) is 5.84. The van der Waals surface area contributed by atoms with Crippen molar-refractivity contribution in [2.24, 2.45) is 0 Å². The first kappa shape index (κ1) is 22.3. The maximum Gasteiger partial charge on any atom is 0.326 e. The van der Waals surface area contributed by atoms with Gasteiger partial charge in [-0.1, -0.05) is 42.5 Å². The Kier molecular flexibility index (Phi) is 6.83. The molecule has 4 rings (SSSR count). The molecular weight excluding hydrogens is 420 g/mol. The zero-order valence-corrected chi connectivity index (χ0v) is 18.1. The van der Waals surface area contributed by atoms with E-state index >= 15 is 0 Å². The lowest BCUT2D eigenvalue weighted by atomic mass is 10.0. The van der Waals surface area contributed by atoms with Gasteiger partial charge >= 0.3 is 5.97 Å². The monoisotopic (exact) mass is 446 g/mol. The fraction of sp³-hybridized carbons (Fsp3) is 0.280. The summed E-state index contributed by atoms with van der Waals surface area (Å²) in [4.78, 5) is 46.6. The lowest BCUT2D eigenvalue weighted by Gasteiger charge is -2.26. The number of carboxylic acids is 1. The molecule has 1 aliphatic heterocycles. The van der Waals surface area contributed by atoms with Gasteiger partial charge in [-0.25, -0.2) is 9.78 Å². The molecule has 0 aliphatic carbocycles. The number of imidazole rings is 1. The number of likely N-dealkylation sites (tertiary alicyclic amines) is 1. The third kappa shape index (κ3) is 5.46. The first-order valence-electron chi connectivity index (χ1n) is 11.0. The zero-order chi connectivity index (χ0) is 23.2. The molecule has 0 spiro atoms. The van der Waals surface area contributed by atoms with Crippen LogP contribution in [0.1, 0.15) is 40.0 Å². The summed E-state index contributed by atoms with van der Waals surface area (Å²) in [5.74, 6) is -1.76. The number of H-pyrrole nitrogens is 1. The summed E-state index contributed by atoms with van der Waals surface area (Å²) < 4.78 is 0. The topological polar surface area (TPSA) is 115 Å². The second-order valence-electron chi connectivity index (χ2n) is 8.20. The van der Waals surface area contributed by atoms with E-state index in [1.165, 1.54) is 0 Å². The van der Waals surface area contributed by atoms with Crippen LogP contribution in [0, 0.1) is 0 Å². The molecule has 3 N–H and O–H groups in total. The van der Waals surface area contributed by atoms with Crippen molar-refractivity contribution >= 4 is 17.8 Å². The Hall–Kier alpha value is -3.94. The van der Waals surface area contributed by atoms with Gasteiger partial charge in [0, 0.05) is 36.8 Å². The Morgan fingerprint density at radius 2 is 1.91 bits per heavy atom. The highest BCUT2D eigenvalue weighted by Crippen LogP contribution is 2.22. The lowest BCUT2D eigenvalue weighted by molar-refractivity contribution is -0.142. The number of hydrogen-bond donors (Lipinski definition) is 3. The molecule has 8 heteroatoms. The molecule has 3 aromatic rings. The Balaban J connectivity index is 1.45. The van der Waals surface area contributed by atoms with Crippen molar-refractivity contribution in [2.45, 2.75) is 37.8 Å².